The van der Waals surface area contributed by atoms with Crippen molar-refractivity contribution >= 4 is 10.9 Å². The molecule has 0 saturated carbocycles. The lowest BCUT2D eigenvalue weighted by atomic mass is 10.1. The second-order valence-electron chi connectivity index (χ2n) is 7.85. The molecule has 0 spiro atoms. The minimum absolute atomic E-state index is 0.124. The predicted molar refractivity (Wildman–Crippen MR) is 125 cm³/mol. The molecule has 0 aliphatic carbocycles. The van der Waals surface area contributed by atoms with Gasteiger partial charge >= 0.3 is 0 Å². The number of pyridine rings is 1. The Morgan fingerprint density at radius 3 is 2.39 bits per heavy atom. The van der Waals surface area contributed by atoms with Gasteiger partial charge in [0.05, 0.1) is 12.1 Å². The van der Waals surface area contributed by atoms with Crippen molar-refractivity contribution in [1.82, 2.24) is 4.57 Å². The fraction of sp³-hybridized carbons (Fsp3) is 0.423. The Morgan fingerprint density at radius 1 is 0.871 bits per heavy atom. The summed E-state index contributed by atoms with van der Waals surface area (Å²) < 4.78 is 13.9. The van der Waals surface area contributed by atoms with Gasteiger partial charge < -0.3 is 19.1 Å². The van der Waals surface area contributed by atoms with Crippen LogP contribution in [0.4, 0.5) is 0 Å². The zero-order valence-electron chi connectivity index (χ0n) is 18.6. The fourth-order valence-corrected chi connectivity index (χ4v) is 3.63. The number of unbranched alkanes of at least 4 members (excludes halogenated alkanes) is 4. The van der Waals surface area contributed by atoms with Crippen LogP contribution in [0.15, 0.2) is 53.3 Å². The highest BCUT2D eigenvalue weighted by molar-refractivity contribution is 5.89. The minimum atomic E-state index is -0.204. The summed E-state index contributed by atoms with van der Waals surface area (Å²) in [5, 5.41) is 10.8. The highest BCUT2D eigenvalue weighted by atomic mass is 16.5. The first kappa shape index (κ1) is 22.7. The molecule has 166 valence electrons. The number of phenols is 1. The number of hydrogen-bond donors (Lipinski definition) is 1. The molecule has 0 atom stereocenters. The Balaban J connectivity index is 2.03. The molecule has 3 rings (SSSR count). The largest absolute Gasteiger partial charge is 0.508 e. The normalized spacial score (nSPS) is 11.0. The Labute approximate surface area is 184 Å². The Hall–Kier alpha value is -2.95. The summed E-state index contributed by atoms with van der Waals surface area (Å²) in [5.41, 5.74) is 1.48. The Bertz CT molecular complexity index is 1030. The summed E-state index contributed by atoms with van der Waals surface area (Å²) >= 11 is 0. The van der Waals surface area contributed by atoms with E-state index in [1.165, 1.54) is 0 Å². The van der Waals surface area contributed by atoms with Crippen molar-refractivity contribution < 1.29 is 14.6 Å². The second-order valence-corrected chi connectivity index (χ2v) is 7.85. The van der Waals surface area contributed by atoms with Crippen LogP contribution in [0.1, 0.15) is 57.9 Å². The number of aromatic hydroxyl groups is 1. The van der Waals surface area contributed by atoms with Crippen LogP contribution in [-0.4, -0.2) is 16.3 Å². The third-order valence-corrected chi connectivity index (χ3v) is 5.37. The maximum atomic E-state index is 13.4. The van der Waals surface area contributed by atoms with E-state index in [1.807, 2.05) is 30.3 Å². The molecular weight excluding hydrogens is 390 g/mol. The van der Waals surface area contributed by atoms with Crippen molar-refractivity contribution in [2.45, 2.75) is 65.5 Å². The van der Waals surface area contributed by atoms with Crippen LogP contribution < -0.4 is 15.0 Å². The zero-order chi connectivity index (χ0) is 22.1. The van der Waals surface area contributed by atoms with E-state index in [0.717, 1.165) is 49.5 Å². The molecule has 1 aromatic heterocycles. The summed E-state index contributed by atoms with van der Waals surface area (Å²) in [6, 6.07) is 14.9. The number of rotatable bonds is 12. The van der Waals surface area contributed by atoms with Crippen molar-refractivity contribution in [3.05, 3.63) is 64.4 Å². The molecule has 0 bridgehead atoms. The van der Waals surface area contributed by atoms with E-state index in [0.29, 0.717) is 31.0 Å². The number of ether oxygens (including phenoxy) is 2. The second kappa shape index (κ2) is 11.4. The van der Waals surface area contributed by atoms with E-state index in [2.05, 4.69) is 13.8 Å². The van der Waals surface area contributed by atoms with E-state index in [4.69, 9.17) is 9.47 Å². The molecule has 1 N–H and O–H groups in total. The number of phenolic OH excluding ortho intramolecular Hbond substituents is 1. The van der Waals surface area contributed by atoms with Gasteiger partial charge in [0.1, 0.15) is 12.4 Å². The minimum Gasteiger partial charge on any atom is -0.508 e. The maximum Gasteiger partial charge on any atom is 0.297 e. The average molecular weight is 424 g/mol. The molecule has 0 unspecified atom stereocenters. The first-order valence-electron chi connectivity index (χ1n) is 11.3. The molecule has 1 heterocycles. The van der Waals surface area contributed by atoms with Gasteiger partial charge in [-0.25, -0.2) is 0 Å². The Morgan fingerprint density at radius 2 is 1.65 bits per heavy atom. The topological polar surface area (TPSA) is 60.7 Å². The van der Waals surface area contributed by atoms with E-state index in [1.54, 1.807) is 22.8 Å². The number of hydrogen-bond acceptors (Lipinski definition) is 4. The lowest BCUT2D eigenvalue weighted by molar-refractivity contribution is 0.255. The third-order valence-electron chi connectivity index (χ3n) is 5.37. The van der Waals surface area contributed by atoms with Gasteiger partial charge in [0, 0.05) is 18.0 Å². The summed E-state index contributed by atoms with van der Waals surface area (Å²) in [6.07, 6.45) is 6.10. The molecule has 3 aromatic rings. The maximum absolute atomic E-state index is 13.4. The molecule has 0 fully saturated rings. The van der Waals surface area contributed by atoms with E-state index in [-0.39, 0.29) is 17.1 Å². The zero-order valence-corrected chi connectivity index (χ0v) is 18.6. The number of aromatic nitrogens is 1. The molecule has 0 aliphatic rings. The fourth-order valence-electron chi connectivity index (χ4n) is 3.63. The summed E-state index contributed by atoms with van der Waals surface area (Å²) in [4.78, 5) is 13.4. The third kappa shape index (κ3) is 5.81. The molecule has 0 amide bonds. The summed E-state index contributed by atoms with van der Waals surface area (Å²) in [6.45, 7) is 5.64. The first-order chi connectivity index (χ1) is 15.2. The van der Waals surface area contributed by atoms with Gasteiger partial charge in [-0.15, -0.1) is 0 Å². The molecule has 31 heavy (non-hydrogen) atoms. The van der Waals surface area contributed by atoms with Crippen LogP contribution in [0.2, 0.25) is 0 Å². The standard InChI is InChI=1S/C26H33NO4/c1-3-5-7-11-17-30-25-24(31-19-20-12-9-8-10-13-20)22-15-14-21(28)18-23(22)27(26(25)29)16-6-4-2/h8-10,12-15,18,28H,3-7,11,16-17,19H2,1-2H3. The number of benzene rings is 2. The number of fused-ring (bicyclic) bond motifs is 1. The van der Waals surface area contributed by atoms with Gasteiger partial charge in [-0.1, -0.05) is 69.9 Å². The van der Waals surface area contributed by atoms with Gasteiger partial charge in [-0.3, -0.25) is 4.79 Å². The first-order valence-corrected chi connectivity index (χ1v) is 11.3. The van der Waals surface area contributed by atoms with Gasteiger partial charge in [0.2, 0.25) is 5.75 Å². The van der Waals surface area contributed by atoms with Crippen molar-refractivity contribution in [1.29, 1.82) is 0 Å². The van der Waals surface area contributed by atoms with E-state index < -0.39 is 0 Å². The van der Waals surface area contributed by atoms with Crippen LogP contribution in [0.5, 0.6) is 17.2 Å². The van der Waals surface area contributed by atoms with E-state index >= 15 is 0 Å². The molecule has 0 saturated heterocycles. The van der Waals surface area contributed by atoms with Gasteiger partial charge in [-0.2, -0.15) is 0 Å². The average Bonchev–Trinajstić information content (AvgIpc) is 2.78. The molecule has 0 radical (unpaired) electrons. The smallest absolute Gasteiger partial charge is 0.297 e. The SMILES string of the molecule is CCCCCCOc1c(OCc2ccccc2)c2ccc(O)cc2n(CCCC)c1=O. The van der Waals surface area contributed by atoms with Crippen LogP contribution in [-0.2, 0) is 13.2 Å². The van der Waals surface area contributed by atoms with Gasteiger partial charge in [0.25, 0.3) is 5.56 Å². The van der Waals surface area contributed by atoms with Crippen molar-refractivity contribution in [3.8, 4) is 17.2 Å². The lowest BCUT2D eigenvalue weighted by Crippen LogP contribution is -2.24. The predicted octanol–water partition coefficient (Wildman–Crippen LogP) is 6.05. The van der Waals surface area contributed by atoms with Gasteiger partial charge in [-0.05, 0) is 30.5 Å². The lowest BCUT2D eigenvalue weighted by Gasteiger charge is -2.19. The molecule has 5 nitrogen and oxygen atoms in total. The van der Waals surface area contributed by atoms with Crippen LogP contribution >= 0.6 is 0 Å². The van der Waals surface area contributed by atoms with Crippen molar-refractivity contribution in [2.75, 3.05) is 6.61 Å². The van der Waals surface area contributed by atoms with Crippen LogP contribution in [0, 0.1) is 0 Å². The number of nitrogens with zero attached hydrogens (tertiary/aromatic N) is 1. The highest BCUT2D eigenvalue weighted by Gasteiger charge is 2.20. The molecule has 0 aliphatic heterocycles. The monoisotopic (exact) mass is 423 g/mol. The Kier molecular flexibility index (Phi) is 8.39. The molecule has 5 heteroatoms. The molecular formula is C26H33NO4. The van der Waals surface area contributed by atoms with Crippen molar-refractivity contribution in [3.63, 3.8) is 0 Å². The van der Waals surface area contributed by atoms with Crippen molar-refractivity contribution in [2.24, 2.45) is 0 Å². The van der Waals surface area contributed by atoms with E-state index in [9.17, 15) is 9.90 Å². The highest BCUT2D eigenvalue weighted by Crippen LogP contribution is 2.35. The summed E-state index contributed by atoms with van der Waals surface area (Å²) in [5.74, 6) is 0.841. The quantitative estimate of drug-likeness (QED) is 0.361. The number of aryl methyl sites for hydroxylation is 1. The van der Waals surface area contributed by atoms with Gasteiger partial charge in [0.15, 0.2) is 5.75 Å². The van der Waals surface area contributed by atoms with Crippen LogP contribution in [0.25, 0.3) is 10.9 Å². The summed E-state index contributed by atoms with van der Waals surface area (Å²) in [7, 11) is 0. The van der Waals surface area contributed by atoms with Crippen LogP contribution in [0.3, 0.4) is 0 Å². The molecule has 2 aromatic carbocycles.